The highest BCUT2D eigenvalue weighted by atomic mass is 35.5. The van der Waals surface area contributed by atoms with Crippen LogP contribution in [0.2, 0.25) is 5.02 Å². The van der Waals surface area contributed by atoms with E-state index in [1.54, 1.807) is 12.1 Å². The van der Waals surface area contributed by atoms with Crippen LogP contribution in [0.4, 0.5) is 0 Å². The van der Waals surface area contributed by atoms with Gasteiger partial charge in [-0.05, 0) is 23.3 Å². The standard InChI is InChI=1S/C18H13ClO3/c19-14-8-6-13(7-9-14)16(12-4-2-1-3-5-12)17-15(20)10-11-22-18(17)21/h1-11,16,20H. The third-order valence-corrected chi connectivity index (χ3v) is 3.77. The summed E-state index contributed by atoms with van der Waals surface area (Å²) in [6.45, 7) is 0. The van der Waals surface area contributed by atoms with E-state index in [1.165, 1.54) is 12.3 Å². The summed E-state index contributed by atoms with van der Waals surface area (Å²) in [4.78, 5) is 12.1. The molecule has 3 aromatic rings. The maximum Gasteiger partial charge on any atom is 0.343 e. The minimum Gasteiger partial charge on any atom is -0.507 e. The molecule has 22 heavy (non-hydrogen) atoms. The Bertz CT molecular complexity index is 823. The fraction of sp³-hybridized carbons (Fsp3) is 0.0556. The summed E-state index contributed by atoms with van der Waals surface area (Å²) in [5.41, 5.74) is 1.41. The zero-order chi connectivity index (χ0) is 15.5. The molecule has 0 aliphatic rings. The normalized spacial score (nSPS) is 12.0. The van der Waals surface area contributed by atoms with Gasteiger partial charge in [-0.2, -0.15) is 0 Å². The molecule has 0 spiro atoms. The molecule has 1 N–H and O–H groups in total. The molecule has 0 aliphatic heterocycles. The van der Waals surface area contributed by atoms with Crippen LogP contribution in [0, 0.1) is 0 Å². The summed E-state index contributed by atoms with van der Waals surface area (Å²) in [5, 5.41) is 10.8. The third kappa shape index (κ3) is 2.76. The average molecular weight is 313 g/mol. The van der Waals surface area contributed by atoms with E-state index in [9.17, 15) is 9.90 Å². The monoisotopic (exact) mass is 312 g/mol. The maximum atomic E-state index is 12.1. The van der Waals surface area contributed by atoms with Crippen molar-refractivity contribution in [2.75, 3.05) is 0 Å². The Morgan fingerprint density at radius 1 is 0.909 bits per heavy atom. The lowest BCUT2D eigenvalue weighted by Gasteiger charge is -2.18. The van der Waals surface area contributed by atoms with Crippen molar-refractivity contribution < 1.29 is 9.52 Å². The zero-order valence-corrected chi connectivity index (χ0v) is 12.3. The molecule has 0 saturated carbocycles. The lowest BCUT2D eigenvalue weighted by Crippen LogP contribution is -2.14. The molecule has 1 heterocycles. The van der Waals surface area contributed by atoms with Crippen molar-refractivity contribution in [3.05, 3.63) is 99.1 Å². The molecule has 0 aliphatic carbocycles. The van der Waals surface area contributed by atoms with Gasteiger partial charge in [-0.15, -0.1) is 0 Å². The molecule has 0 fully saturated rings. The van der Waals surface area contributed by atoms with E-state index in [-0.39, 0.29) is 11.3 Å². The lowest BCUT2D eigenvalue weighted by atomic mass is 9.85. The molecule has 3 rings (SSSR count). The molecule has 0 saturated heterocycles. The SMILES string of the molecule is O=c1occc(O)c1C(c1ccccc1)c1ccc(Cl)cc1. The first kappa shape index (κ1) is 14.4. The van der Waals surface area contributed by atoms with E-state index in [0.717, 1.165) is 11.1 Å². The molecular weight excluding hydrogens is 300 g/mol. The first-order valence-corrected chi connectivity index (χ1v) is 7.15. The highest BCUT2D eigenvalue weighted by Gasteiger charge is 2.23. The largest absolute Gasteiger partial charge is 0.507 e. The minimum absolute atomic E-state index is 0.0833. The summed E-state index contributed by atoms with van der Waals surface area (Å²) in [5.74, 6) is -0.504. The van der Waals surface area contributed by atoms with Crippen LogP contribution in [0.3, 0.4) is 0 Å². The molecule has 110 valence electrons. The van der Waals surface area contributed by atoms with Gasteiger partial charge in [0.05, 0.1) is 11.8 Å². The predicted molar refractivity (Wildman–Crippen MR) is 85.5 cm³/mol. The van der Waals surface area contributed by atoms with Crippen molar-refractivity contribution in [3.63, 3.8) is 0 Å². The number of aromatic hydroxyl groups is 1. The van der Waals surface area contributed by atoms with Gasteiger partial charge in [0.15, 0.2) is 0 Å². The van der Waals surface area contributed by atoms with Crippen molar-refractivity contribution in [1.29, 1.82) is 0 Å². The Morgan fingerprint density at radius 2 is 1.55 bits per heavy atom. The minimum atomic E-state index is -0.552. The Balaban J connectivity index is 2.24. The molecule has 0 bridgehead atoms. The second kappa shape index (κ2) is 6.08. The van der Waals surface area contributed by atoms with Crippen LogP contribution in [-0.2, 0) is 0 Å². The van der Waals surface area contributed by atoms with Crippen LogP contribution < -0.4 is 5.63 Å². The maximum absolute atomic E-state index is 12.1. The van der Waals surface area contributed by atoms with Crippen molar-refractivity contribution in [2.45, 2.75) is 5.92 Å². The Morgan fingerprint density at radius 3 is 2.18 bits per heavy atom. The number of benzene rings is 2. The molecule has 0 radical (unpaired) electrons. The fourth-order valence-electron chi connectivity index (χ4n) is 2.51. The van der Waals surface area contributed by atoms with Crippen molar-refractivity contribution >= 4 is 11.6 Å². The number of rotatable bonds is 3. The Hall–Kier alpha value is -2.52. The smallest absolute Gasteiger partial charge is 0.343 e. The van der Waals surface area contributed by atoms with Gasteiger partial charge in [0.2, 0.25) is 0 Å². The molecule has 1 unspecified atom stereocenters. The summed E-state index contributed by atoms with van der Waals surface area (Å²) in [7, 11) is 0. The highest BCUT2D eigenvalue weighted by molar-refractivity contribution is 6.30. The molecular formula is C18H13ClO3. The van der Waals surface area contributed by atoms with Gasteiger partial charge in [-0.1, -0.05) is 54.1 Å². The van der Waals surface area contributed by atoms with Crippen LogP contribution in [-0.4, -0.2) is 5.11 Å². The quantitative estimate of drug-likeness (QED) is 0.789. The van der Waals surface area contributed by atoms with E-state index < -0.39 is 11.5 Å². The predicted octanol–water partition coefficient (Wildman–Crippen LogP) is 4.18. The van der Waals surface area contributed by atoms with Crippen LogP contribution in [0.15, 0.2) is 76.1 Å². The zero-order valence-electron chi connectivity index (χ0n) is 11.6. The molecule has 2 aromatic carbocycles. The van der Waals surface area contributed by atoms with Gasteiger partial charge in [-0.3, -0.25) is 0 Å². The second-order valence-electron chi connectivity index (χ2n) is 4.90. The Labute approximate surface area is 132 Å². The van der Waals surface area contributed by atoms with Crippen LogP contribution in [0.25, 0.3) is 0 Å². The molecule has 4 heteroatoms. The number of halogens is 1. The van der Waals surface area contributed by atoms with Gasteiger partial charge in [-0.25, -0.2) is 4.79 Å². The third-order valence-electron chi connectivity index (χ3n) is 3.52. The number of hydrogen-bond donors (Lipinski definition) is 1. The highest BCUT2D eigenvalue weighted by Crippen LogP contribution is 2.34. The summed E-state index contributed by atoms with van der Waals surface area (Å²) < 4.78 is 4.95. The van der Waals surface area contributed by atoms with Crippen molar-refractivity contribution in [3.8, 4) is 5.75 Å². The number of hydrogen-bond acceptors (Lipinski definition) is 3. The van der Waals surface area contributed by atoms with Crippen molar-refractivity contribution in [1.82, 2.24) is 0 Å². The topological polar surface area (TPSA) is 50.4 Å². The lowest BCUT2D eigenvalue weighted by molar-refractivity contribution is 0.433. The molecule has 3 nitrogen and oxygen atoms in total. The van der Waals surface area contributed by atoms with E-state index in [1.807, 2.05) is 42.5 Å². The van der Waals surface area contributed by atoms with Gasteiger partial charge < -0.3 is 9.52 Å². The van der Waals surface area contributed by atoms with Crippen molar-refractivity contribution in [2.24, 2.45) is 0 Å². The van der Waals surface area contributed by atoms with Crippen LogP contribution in [0.1, 0.15) is 22.6 Å². The van der Waals surface area contributed by atoms with Gasteiger partial charge in [0, 0.05) is 17.0 Å². The van der Waals surface area contributed by atoms with Crippen LogP contribution in [0.5, 0.6) is 5.75 Å². The Kier molecular flexibility index (Phi) is 3.98. The molecule has 0 amide bonds. The first-order chi connectivity index (χ1) is 10.7. The average Bonchev–Trinajstić information content (AvgIpc) is 2.53. The summed E-state index contributed by atoms with van der Waals surface area (Å²) in [6, 6.07) is 18.1. The van der Waals surface area contributed by atoms with Gasteiger partial charge in [0.25, 0.3) is 0 Å². The van der Waals surface area contributed by atoms with E-state index in [0.29, 0.717) is 5.02 Å². The van der Waals surface area contributed by atoms with E-state index >= 15 is 0 Å². The van der Waals surface area contributed by atoms with Crippen LogP contribution >= 0.6 is 11.6 Å². The summed E-state index contributed by atoms with van der Waals surface area (Å²) >= 11 is 5.94. The van der Waals surface area contributed by atoms with Gasteiger partial charge in [0.1, 0.15) is 5.75 Å². The second-order valence-corrected chi connectivity index (χ2v) is 5.34. The van der Waals surface area contributed by atoms with E-state index in [2.05, 4.69) is 0 Å². The molecule has 1 aromatic heterocycles. The molecule has 1 atom stereocenters. The summed E-state index contributed by atoms with van der Waals surface area (Å²) in [6.07, 6.45) is 1.19. The van der Waals surface area contributed by atoms with Gasteiger partial charge >= 0.3 is 5.63 Å². The van der Waals surface area contributed by atoms with E-state index in [4.69, 9.17) is 16.0 Å². The fourth-order valence-corrected chi connectivity index (χ4v) is 2.64. The first-order valence-electron chi connectivity index (χ1n) is 6.78.